The molecule has 0 unspecified atom stereocenters. The van der Waals surface area contributed by atoms with Gasteiger partial charge in [-0.15, -0.1) is 0 Å². The van der Waals surface area contributed by atoms with Crippen molar-refractivity contribution < 1.29 is 27.5 Å². The Bertz CT molecular complexity index is 868. The summed E-state index contributed by atoms with van der Waals surface area (Å²) < 4.78 is 44.8. The molecule has 1 fully saturated rings. The second-order valence-electron chi connectivity index (χ2n) is 6.38. The number of amides is 1. The fourth-order valence-electron chi connectivity index (χ4n) is 2.83. The number of benzene rings is 1. The highest BCUT2D eigenvalue weighted by Gasteiger charge is 2.42. The minimum absolute atomic E-state index is 0.00434. The molecule has 8 heteroatoms. The van der Waals surface area contributed by atoms with E-state index < -0.39 is 41.5 Å². The van der Waals surface area contributed by atoms with Crippen LogP contribution in [0.2, 0.25) is 0 Å². The van der Waals surface area contributed by atoms with Gasteiger partial charge in [0, 0.05) is 25.5 Å². The number of carbonyl (C=O) groups is 1. The van der Waals surface area contributed by atoms with Gasteiger partial charge in [-0.2, -0.15) is 0 Å². The summed E-state index contributed by atoms with van der Waals surface area (Å²) in [5.74, 6) is -4.45. The maximum Gasteiger partial charge on any atom is 0.287 e. The van der Waals surface area contributed by atoms with Crippen LogP contribution in [0, 0.1) is 5.82 Å². The van der Waals surface area contributed by atoms with Crippen LogP contribution in [-0.2, 0) is 0 Å². The van der Waals surface area contributed by atoms with Crippen molar-refractivity contribution in [3.8, 4) is 0 Å². The van der Waals surface area contributed by atoms with Gasteiger partial charge in [-0.05, 0) is 31.0 Å². The quantitative estimate of drug-likeness (QED) is 0.887. The zero-order chi connectivity index (χ0) is 18.2. The molecule has 25 heavy (non-hydrogen) atoms. The van der Waals surface area contributed by atoms with Gasteiger partial charge >= 0.3 is 0 Å². The van der Waals surface area contributed by atoms with Gasteiger partial charge in [0.1, 0.15) is 11.4 Å². The van der Waals surface area contributed by atoms with Gasteiger partial charge in [0.25, 0.3) is 5.91 Å². The summed E-state index contributed by atoms with van der Waals surface area (Å²) in [5.41, 5.74) is -1.95. The predicted molar refractivity (Wildman–Crippen MR) is 83.1 cm³/mol. The second kappa shape index (κ2) is 6.18. The highest BCUT2D eigenvalue weighted by Crippen LogP contribution is 2.38. The molecule has 0 saturated heterocycles. The maximum atomic E-state index is 13.2. The topological polar surface area (TPSA) is 79.5 Å². The van der Waals surface area contributed by atoms with Crippen LogP contribution in [0.5, 0.6) is 0 Å². The summed E-state index contributed by atoms with van der Waals surface area (Å²) in [7, 11) is 0. The van der Waals surface area contributed by atoms with Gasteiger partial charge in [0.15, 0.2) is 11.2 Å². The first-order valence-corrected chi connectivity index (χ1v) is 7.79. The number of nitrogens with one attached hydrogen (secondary N) is 1. The third kappa shape index (κ3) is 3.84. The average Bonchev–Trinajstić information content (AvgIpc) is 2.56. The second-order valence-corrected chi connectivity index (χ2v) is 6.38. The van der Waals surface area contributed by atoms with Crippen LogP contribution >= 0.6 is 0 Å². The summed E-state index contributed by atoms with van der Waals surface area (Å²) in [5, 5.41) is 12.7. The van der Waals surface area contributed by atoms with Crippen molar-refractivity contribution >= 4 is 16.9 Å². The van der Waals surface area contributed by atoms with Gasteiger partial charge in [-0.1, -0.05) is 0 Å². The Labute approximate surface area is 140 Å². The summed E-state index contributed by atoms with van der Waals surface area (Å²) >= 11 is 0. The molecule has 1 aromatic carbocycles. The van der Waals surface area contributed by atoms with Crippen LogP contribution in [0.4, 0.5) is 13.2 Å². The average molecular weight is 355 g/mol. The number of carbonyl (C=O) groups excluding carboxylic acids is 1. The lowest BCUT2D eigenvalue weighted by Gasteiger charge is -2.35. The van der Waals surface area contributed by atoms with Gasteiger partial charge in [0.05, 0.1) is 11.0 Å². The molecule has 0 bridgehead atoms. The Morgan fingerprint density at radius 1 is 1.20 bits per heavy atom. The van der Waals surface area contributed by atoms with Crippen molar-refractivity contribution in [3.63, 3.8) is 0 Å². The van der Waals surface area contributed by atoms with Crippen molar-refractivity contribution in [1.29, 1.82) is 0 Å². The number of alkyl halides is 2. The minimum Gasteiger partial charge on any atom is -0.451 e. The monoisotopic (exact) mass is 355 g/mol. The fraction of sp³-hybridized carbons (Fsp3) is 0.412. The number of rotatable bonds is 3. The molecule has 3 rings (SSSR count). The van der Waals surface area contributed by atoms with Crippen LogP contribution in [0.3, 0.4) is 0 Å². The van der Waals surface area contributed by atoms with Crippen LogP contribution in [0.1, 0.15) is 36.2 Å². The Morgan fingerprint density at radius 2 is 1.88 bits per heavy atom. The van der Waals surface area contributed by atoms with E-state index >= 15 is 0 Å². The van der Waals surface area contributed by atoms with Gasteiger partial charge in [0.2, 0.25) is 5.92 Å². The molecule has 5 nitrogen and oxygen atoms in total. The maximum absolute atomic E-state index is 13.2. The number of fused-ring (bicyclic) bond motifs is 1. The molecular weight excluding hydrogens is 339 g/mol. The Hall–Kier alpha value is -2.35. The molecule has 0 spiro atoms. The third-order valence-corrected chi connectivity index (χ3v) is 4.40. The van der Waals surface area contributed by atoms with E-state index in [4.69, 9.17) is 4.42 Å². The summed E-state index contributed by atoms with van der Waals surface area (Å²) in [6, 6.07) is 4.27. The number of halogens is 3. The van der Waals surface area contributed by atoms with Crippen LogP contribution in [0.25, 0.3) is 11.0 Å². The van der Waals surface area contributed by atoms with E-state index in [1.807, 2.05) is 0 Å². The zero-order valence-corrected chi connectivity index (χ0v) is 13.2. The van der Waals surface area contributed by atoms with E-state index in [1.165, 1.54) is 6.07 Å². The Morgan fingerprint density at radius 3 is 2.56 bits per heavy atom. The van der Waals surface area contributed by atoms with E-state index in [2.05, 4.69) is 5.32 Å². The first kappa shape index (κ1) is 17.5. The SMILES string of the molecule is O=C(NCC1(O)CCC(F)(F)CC1)c1cc(=O)c2cc(F)ccc2o1. The molecule has 1 aromatic heterocycles. The Balaban J connectivity index is 1.73. The van der Waals surface area contributed by atoms with Crippen LogP contribution in [0.15, 0.2) is 33.5 Å². The third-order valence-electron chi connectivity index (χ3n) is 4.40. The van der Waals surface area contributed by atoms with E-state index in [-0.39, 0.29) is 36.1 Å². The molecule has 1 heterocycles. The van der Waals surface area contributed by atoms with Crippen molar-refractivity contribution in [1.82, 2.24) is 5.32 Å². The van der Waals surface area contributed by atoms with E-state index in [0.29, 0.717) is 0 Å². The standard InChI is InChI=1S/C17H16F3NO4/c18-10-1-2-13-11(7-10)12(22)8-14(25-13)15(23)21-9-16(24)3-5-17(19,20)6-4-16/h1-2,7-8,24H,3-6,9H2,(H,21,23). The molecule has 0 aliphatic heterocycles. The van der Waals surface area contributed by atoms with Gasteiger partial charge < -0.3 is 14.8 Å². The number of hydrogen-bond donors (Lipinski definition) is 2. The zero-order valence-electron chi connectivity index (χ0n) is 13.2. The lowest BCUT2D eigenvalue weighted by atomic mass is 9.83. The Kier molecular flexibility index (Phi) is 4.32. The van der Waals surface area contributed by atoms with Crippen molar-refractivity contribution in [2.45, 2.75) is 37.2 Å². The lowest BCUT2D eigenvalue weighted by molar-refractivity contribution is -0.101. The number of hydrogen-bond acceptors (Lipinski definition) is 4. The smallest absolute Gasteiger partial charge is 0.287 e. The number of aliphatic hydroxyl groups is 1. The molecular formula is C17H16F3NO4. The summed E-state index contributed by atoms with van der Waals surface area (Å²) in [4.78, 5) is 24.1. The highest BCUT2D eigenvalue weighted by atomic mass is 19.3. The first-order valence-electron chi connectivity index (χ1n) is 7.79. The van der Waals surface area contributed by atoms with Crippen molar-refractivity contribution in [2.75, 3.05) is 6.54 Å². The first-order chi connectivity index (χ1) is 11.7. The van der Waals surface area contributed by atoms with Crippen molar-refractivity contribution in [2.24, 2.45) is 0 Å². The summed E-state index contributed by atoms with van der Waals surface area (Å²) in [6.45, 7) is -0.229. The van der Waals surface area contributed by atoms with Gasteiger partial charge in [-0.3, -0.25) is 9.59 Å². The molecule has 1 saturated carbocycles. The molecule has 134 valence electrons. The van der Waals surface area contributed by atoms with Crippen molar-refractivity contribution in [3.05, 3.63) is 46.1 Å². The molecule has 0 radical (unpaired) electrons. The predicted octanol–water partition coefficient (Wildman–Crippen LogP) is 2.60. The minimum atomic E-state index is -2.79. The largest absolute Gasteiger partial charge is 0.451 e. The molecule has 0 atom stereocenters. The molecule has 2 N–H and O–H groups in total. The van der Waals surface area contributed by atoms with Crippen LogP contribution in [-0.4, -0.2) is 29.1 Å². The fourth-order valence-corrected chi connectivity index (χ4v) is 2.83. The van der Waals surface area contributed by atoms with E-state index in [0.717, 1.165) is 18.2 Å². The lowest BCUT2D eigenvalue weighted by Crippen LogP contribution is -2.47. The van der Waals surface area contributed by atoms with E-state index in [9.17, 15) is 27.9 Å². The molecule has 1 amide bonds. The van der Waals surface area contributed by atoms with Gasteiger partial charge in [-0.25, -0.2) is 13.2 Å². The van der Waals surface area contributed by atoms with E-state index in [1.54, 1.807) is 0 Å². The molecule has 1 aliphatic carbocycles. The summed E-state index contributed by atoms with van der Waals surface area (Å²) in [6.07, 6.45) is -1.17. The molecule has 1 aliphatic rings. The normalized spacial score (nSPS) is 18.9. The molecule has 2 aromatic rings. The highest BCUT2D eigenvalue weighted by molar-refractivity contribution is 5.93. The van der Waals surface area contributed by atoms with Crippen LogP contribution < -0.4 is 10.7 Å².